The van der Waals surface area contributed by atoms with Gasteiger partial charge in [0.1, 0.15) is 6.17 Å². The summed E-state index contributed by atoms with van der Waals surface area (Å²) in [7, 11) is 0. The second-order valence-corrected chi connectivity index (χ2v) is 2.98. The van der Waals surface area contributed by atoms with Crippen LogP contribution in [-0.4, -0.2) is 23.9 Å². The van der Waals surface area contributed by atoms with Crippen LogP contribution in [0.3, 0.4) is 0 Å². The Hall–Kier alpha value is -0.150. The molecule has 0 amide bonds. The number of halogens is 1. The molecule has 0 aliphatic carbocycles. The topological polar surface area (TPSA) is 46.2 Å². The molecule has 0 aliphatic rings. The predicted molar refractivity (Wildman–Crippen MR) is 44.0 cm³/mol. The first-order valence-corrected chi connectivity index (χ1v) is 4.14. The lowest BCUT2D eigenvalue weighted by atomic mass is 9.94. The van der Waals surface area contributed by atoms with Crippen molar-refractivity contribution < 1.29 is 9.50 Å². The van der Waals surface area contributed by atoms with Gasteiger partial charge in [-0.1, -0.05) is 13.3 Å². The van der Waals surface area contributed by atoms with Crippen LogP contribution < -0.4 is 5.73 Å². The van der Waals surface area contributed by atoms with Crippen LogP contribution in [0.4, 0.5) is 4.39 Å². The van der Waals surface area contributed by atoms with Crippen molar-refractivity contribution in [1.82, 2.24) is 0 Å². The third kappa shape index (κ3) is 3.68. The Morgan fingerprint density at radius 1 is 1.55 bits per heavy atom. The summed E-state index contributed by atoms with van der Waals surface area (Å²) < 4.78 is 12.7. The smallest absolute Gasteiger partial charge is 0.104 e. The Kier molecular flexibility index (Phi) is 5.42. The Balaban J connectivity index is 3.81. The van der Waals surface area contributed by atoms with Gasteiger partial charge in [0.05, 0.1) is 6.61 Å². The second kappa shape index (κ2) is 5.49. The fraction of sp³-hybridized carbons (Fsp3) is 1.00. The van der Waals surface area contributed by atoms with E-state index in [1.165, 1.54) is 6.92 Å². The zero-order valence-corrected chi connectivity index (χ0v) is 7.26. The van der Waals surface area contributed by atoms with Crippen molar-refractivity contribution in [1.29, 1.82) is 0 Å². The number of nitrogens with two attached hydrogens (primary N) is 1. The summed E-state index contributed by atoms with van der Waals surface area (Å²) in [5.41, 5.74) is 5.64. The fourth-order valence-electron chi connectivity index (χ4n) is 1.17. The van der Waals surface area contributed by atoms with Crippen molar-refractivity contribution in [3.8, 4) is 0 Å². The summed E-state index contributed by atoms with van der Waals surface area (Å²) in [5, 5.41) is 8.77. The highest BCUT2D eigenvalue weighted by Gasteiger charge is 2.22. The van der Waals surface area contributed by atoms with E-state index in [0.717, 1.165) is 12.8 Å². The molecule has 0 heterocycles. The molecule has 3 N–H and O–H groups in total. The maximum Gasteiger partial charge on any atom is 0.104 e. The van der Waals surface area contributed by atoms with Crippen LogP contribution >= 0.6 is 0 Å². The van der Waals surface area contributed by atoms with Gasteiger partial charge in [-0.2, -0.15) is 0 Å². The Bertz CT molecular complexity index is 98.1. The molecular weight excluding hydrogens is 145 g/mol. The van der Waals surface area contributed by atoms with E-state index in [1.807, 2.05) is 6.92 Å². The third-order valence-corrected chi connectivity index (χ3v) is 1.97. The molecule has 3 heteroatoms. The molecule has 0 aromatic rings. The molecular formula is C8H18FNO. The monoisotopic (exact) mass is 163 g/mol. The highest BCUT2D eigenvalue weighted by molar-refractivity contribution is 4.76. The molecule has 0 saturated heterocycles. The molecule has 0 rings (SSSR count). The first-order chi connectivity index (χ1) is 5.13. The first-order valence-electron chi connectivity index (χ1n) is 4.14. The maximum absolute atomic E-state index is 12.7. The van der Waals surface area contributed by atoms with Crippen LogP contribution in [0, 0.1) is 5.92 Å². The number of hydrogen-bond acceptors (Lipinski definition) is 2. The zero-order valence-electron chi connectivity index (χ0n) is 7.26. The normalized spacial score (nSPS) is 19.4. The number of alkyl halides is 1. The molecule has 0 aromatic carbocycles. The summed E-state index contributed by atoms with van der Waals surface area (Å²) in [6.45, 7) is 3.28. The van der Waals surface area contributed by atoms with Gasteiger partial charge in [0, 0.05) is 12.0 Å². The minimum atomic E-state index is -1.01. The van der Waals surface area contributed by atoms with Crippen LogP contribution in [0.2, 0.25) is 0 Å². The van der Waals surface area contributed by atoms with Crippen LogP contribution in [0.1, 0.15) is 26.7 Å². The van der Waals surface area contributed by atoms with E-state index in [1.54, 1.807) is 0 Å². The van der Waals surface area contributed by atoms with Crippen molar-refractivity contribution in [3.05, 3.63) is 0 Å². The highest BCUT2D eigenvalue weighted by atomic mass is 19.1. The van der Waals surface area contributed by atoms with Crippen LogP contribution in [0.15, 0.2) is 0 Å². The van der Waals surface area contributed by atoms with Crippen molar-refractivity contribution in [2.75, 3.05) is 6.61 Å². The molecule has 0 aromatic heterocycles. The van der Waals surface area contributed by atoms with Crippen molar-refractivity contribution >= 4 is 0 Å². The SMILES string of the molecule is CCCC(N)[C@H](CO)C(C)F. The number of aliphatic hydroxyl groups excluding tert-OH is 1. The lowest BCUT2D eigenvalue weighted by Gasteiger charge is -2.22. The summed E-state index contributed by atoms with van der Waals surface area (Å²) in [4.78, 5) is 0. The van der Waals surface area contributed by atoms with Crippen molar-refractivity contribution in [2.45, 2.75) is 38.9 Å². The summed E-state index contributed by atoms with van der Waals surface area (Å²) >= 11 is 0. The second-order valence-electron chi connectivity index (χ2n) is 2.98. The van der Waals surface area contributed by atoms with Gasteiger partial charge in [0.25, 0.3) is 0 Å². The number of rotatable bonds is 5. The summed E-state index contributed by atoms with van der Waals surface area (Å²) in [6, 6.07) is -0.204. The van der Waals surface area contributed by atoms with E-state index in [-0.39, 0.29) is 12.6 Å². The molecule has 2 nitrogen and oxygen atoms in total. The Labute approximate surface area is 67.6 Å². The number of hydrogen-bond donors (Lipinski definition) is 2. The largest absolute Gasteiger partial charge is 0.396 e. The van der Waals surface area contributed by atoms with Gasteiger partial charge in [-0.25, -0.2) is 4.39 Å². The van der Waals surface area contributed by atoms with Crippen molar-refractivity contribution in [2.24, 2.45) is 11.7 Å². The van der Waals surface area contributed by atoms with E-state index in [9.17, 15) is 4.39 Å². The maximum atomic E-state index is 12.7. The van der Waals surface area contributed by atoms with E-state index in [2.05, 4.69) is 0 Å². The highest BCUT2D eigenvalue weighted by Crippen LogP contribution is 2.13. The quantitative estimate of drug-likeness (QED) is 0.637. The molecule has 0 radical (unpaired) electrons. The van der Waals surface area contributed by atoms with Gasteiger partial charge in [-0.15, -0.1) is 0 Å². The fourth-order valence-corrected chi connectivity index (χ4v) is 1.17. The standard InChI is InChI=1S/C8H18FNO/c1-3-4-8(10)7(5-11)6(2)9/h6-8,11H,3-5,10H2,1-2H3/t6?,7-,8?/m1/s1. The van der Waals surface area contributed by atoms with Crippen LogP contribution in [-0.2, 0) is 0 Å². The van der Waals surface area contributed by atoms with Crippen LogP contribution in [0.5, 0.6) is 0 Å². The molecule has 0 bridgehead atoms. The van der Waals surface area contributed by atoms with Gasteiger partial charge in [-0.3, -0.25) is 0 Å². The number of aliphatic hydroxyl groups is 1. The third-order valence-electron chi connectivity index (χ3n) is 1.97. The molecule has 2 unspecified atom stereocenters. The van der Waals surface area contributed by atoms with E-state index in [0.29, 0.717) is 0 Å². The lowest BCUT2D eigenvalue weighted by Crippen LogP contribution is -2.37. The lowest BCUT2D eigenvalue weighted by molar-refractivity contribution is 0.125. The summed E-state index contributed by atoms with van der Waals surface area (Å²) in [5.74, 6) is -0.394. The van der Waals surface area contributed by atoms with Gasteiger partial charge in [0.2, 0.25) is 0 Å². The minimum absolute atomic E-state index is 0.154. The summed E-state index contributed by atoms with van der Waals surface area (Å²) in [6.07, 6.45) is 0.700. The van der Waals surface area contributed by atoms with Gasteiger partial charge >= 0.3 is 0 Å². The van der Waals surface area contributed by atoms with Crippen molar-refractivity contribution in [3.63, 3.8) is 0 Å². The van der Waals surface area contributed by atoms with Gasteiger partial charge in [0.15, 0.2) is 0 Å². The molecule has 11 heavy (non-hydrogen) atoms. The Morgan fingerprint density at radius 2 is 2.09 bits per heavy atom. The van der Waals surface area contributed by atoms with Crippen LogP contribution in [0.25, 0.3) is 0 Å². The predicted octanol–water partition coefficient (Wildman–Crippen LogP) is 1.08. The van der Waals surface area contributed by atoms with E-state index in [4.69, 9.17) is 10.8 Å². The minimum Gasteiger partial charge on any atom is -0.396 e. The van der Waals surface area contributed by atoms with E-state index < -0.39 is 12.1 Å². The van der Waals surface area contributed by atoms with Gasteiger partial charge in [-0.05, 0) is 13.3 Å². The molecule has 0 saturated carbocycles. The average molecular weight is 163 g/mol. The zero-order chi connectivity index (χ0) is 8.85. The first kappa shape index (κ1) is 10.8. The van der Waals surface area contributed by atoms with E-state index >= 15 is 0 Å². The molecule has 0 aliphatic heterocycles. The molecule has 0 fully saturated rings. The molecule has 68 valence electrons. The molecule has 3 atom stereocenters. The molecule has 0 spiro atoms. The Morgan fingerprint density at radius 3 is 2.36 bits per heavy atom. The van der Waals surface area contributed by atoms with Gasteiger partial charge < -0.3 is 10.8 Å². The average Bonchev–Trinajstić information content (AvgIpc) is 1.88.